The lowest BCUT2D eigenvalue weighted by atomic mass is 9.93. The highest BCUT2D eigenvalue weighted by molar-refractivity contribution is 5.91. The number of carbonyl (C=O) groups is 1. The van der Waals surface area contributed by atoms with Gasteiger partial charge in [0.2, 0.25) is 6.79 Å². The fraction of sp³-hybridized carbons (Fsp3) is 0.409. The molecule has 0 radical (unpaired) electrons. The second-order valence-electron chi connectivity index (χ2n) is 7.65. The zero-order valence-electron chi connectivity index (χ0n) is 16.5. The highest BCUT2D eigenvalue weighted by Gasteiger charge is 2.21. The highest BCUT2D eigenvalue weighted by atomic mass is 16.7. The Morgan fingerprint density at radius 3 is 2.33 bits per heavy atom. The monoisotopic (exact) mass is 369 g/mol. The molecule has 3 rings (SSSR count). The normalized spacial score (nSPS) is 13.9. The lowest BCUT2D eigenvalue weighted by Gasteiger charge is -2.20. The molecule has 1 aliphatic heterocycles. The first kappa shape index (κ1) is 19.2. The number of hydrogen-bond donors (Lipinski definition) is 2. The van der Waals surface area contributed by atoms with Gasteiger partial charge in [0.15, 0.2) is 18.0 Å². The van der Waals surface area contributed by atoms with E-state index >= 15 is 0 Å². The van der Waals surface area contributed by atoms with Crippen LogP contribution in [0.1, 0.15) is 50.8 Å². The van der Waals surface area contributed by atoms with Gasteiger partial charge in [-0.05, 0) is 23.6 Å². The van der Waals surface area contributed by atoms with Crippen molar-refractivity contribution >= 4 is 11.6 Å². The van der Waals surface area contributed by atoms with E-state index in [4.69, 9.17) is 9.47 Å². The first-order valence-electron chi connectivity index (χ1n) is 9.56. The van der Waals surface area contributed by atoms with Gasteiger partial charge >= 0.3 is 0 Å². The zero-order chi connectivity index (χ0) is 19.4. The molecule has 3 N–H and O–H groups in total. The Morgan fingerprint density at radius 1 is 1.00 bits per heavy atom. The predicted molar refractivity (Wildman–Crippen MR) is 106 cm³/mol. The van der Waals surface area contributed by atoms with Gasteiger partial charge in [-0.3, -0.25) is 4.79 Å². The first-order chi connectivity index (χ1) is 12.9. The van der Waals surface area contributed by atoms with Gasteiger partial charge in [0.1, 0.15) is 6.04 Å². The van der Waals surface area contributed by atoms with Crippen LogP contribution in [0.3, 0.4) is 0 Å². The van der Waals surface area contributed by atoms with Gasteiger partial charge < -0.3 is 20.1 Å². The van der Waals surface area contributed by atoms with Gasteiger partial charge in [-0.2, -0.15) is 0 Å². The number of benzene rings is 2. The molecule has 1 heterocycles. The Labute approximate surface area is 161 Å². The second-order valence-corrected chi connectivity index (χ2v) is 7.65. The van der Waals surface area contributed by atoms with Gasteiger partial charge in [-0.15, -0.1) is 0 Å². The van der Waals surface area contributed by atoms with E-state index < -0.39 is 0 Å². The van der Waals surface area contributed by atoms with Gasteiger partial charge in [0, 0.05) is 23.2 Å². The maximum absolute atomic E-state index is 12.4. The van der Waals surface area contributed by atoms with Crippen molar-refractivity contribution in [1.29, 1.82) is 0 Å². The number of nitrogens with two attached hydrogens (primary N) is 1. The molecule has 27 heavy (non-hydrogen) atoms. The highest BCUT2D eigenvalue weighted by Crippen LogP contribution is 2.34. The van der Waals surface area contributed by atoms with E-state index in [1.54, 1.807) is 6.07 Å². The standard InChI is InChI=1S/C22H28N2O3/c1-14(2)16-5-7-17(8-6-16)22(15(3)4)23-12-21(25)24-18-9-10-19-20(11-18)27-13-26-19/h5-11,14-15,22-23H,12-13H2,1-4H3,(H,24,25)/p+1/t22-/m1/s1. The molecule has 0 bridgehead atoms. The maximum Gasteiger partial charge on any atom is 0.279 e. The minimum absolute atomic E-state index is 0.0293. The third kappa shape index (κ3) is 4.80. The van der Waals surface area contributed by atoms with E-state index in [2.05, 4.69) is 62.6 Å². The van der Waals surface area contributed by atoms with E-state index in [0.29, 0.717) is 29.9 Å². The minimum Gasteiger partial charge on any atom is -0.454 e. The summed E-state index contributed by atoms with van der Waals surface area (Å²) in [5.74, 6) is 2.30. The summed E-state index contributed by atoms with van der Waals surface area (Å²) in [6, 6.07) is 14.4. The molecular weight excluding hydrogens is 340 g/mol. The van der Waals surface area contributed by atoms with E-state index in [1.807, 2.05) is 12.1 Å². The van der Waals surface area contributed by atoms with Gasteiger partial charge in [-0.1, -0.05) is 52.0 Å². The van der Waals surface area contributed by atoms with E-state index in [0.717, 1.165) is 5.69 Å². The summed E-state index contributed by atoms with van der Waals surface area (Å²) in [6.07, 6.45) is 0. The quantitative estimate of drug-likeness (QED) is 0.786. The molecule has 2 aromatic carbocycles. The van der Waals surface area contributed by atoms with Crippen LogP contribution in [0.15, 0.2) is 42.5 Å². The lowest BCUT2D eigenvalue weighted by Crippen LogP contribution is -2.88. The van der Waals surface area contributed by atoms with Crippen molar-refractivity contribution in [3.8, 4) is 11.5 Å². The molecule has 0 fully saturated rings. The summed E-state index contributed by atoms with van der Waals surface area (Å²) in [5.41, 5.74) is 3.31. The fourth-order valence-electron chi connectivity index (χ4n) is 3.32. The fourth-order valence-corrected chi connectivity index (χ4v) is 3.32. The topological polar surface area (TPSA) is 64.2 Å². The third-order valence-electron chi connectivity index (χ3n) is 4.92. The van der Waals surface area contributed by atoms with Crippen LogP contribution in [0.5, 0.6) is 11.5 Å². The summed E-state index contributed by atoms with van der Waals surface area (Å²) in [5, 5.41) is 5.04. The average molecular weight is 369 g/mol. The van der Waals surface area contributed by atoms with Crippen LogP contribution in [0.2, 0.25) is 0 Å². The van der Waals surface area contributed by atoms with E-state index in [1.165, 1.54) is 11.1 Å². The molecule has 0 saturated carbocycles. The van der Waals surface area contributed by atoms with Crippen LogP contribution < -0.4 is 20.1 Å². The molecule has 0 spiro atoms. The Balaban J connectivity index is 1.59. The molecule has 1 amide bonds. The maximum atomic E-state index is 12.4. The van der Waals surface area contributed by atoms with Crippen LogP contribution in [0.4, 0.5) is 5.69 Å². The van der Waals surface area contributed by atoms with Crippen LogP contribution in [-0.2, 0) is 4.79 Å². The van der Waals surface area contributed by atoms with E-state index in [-0.39, 0.29) is 18.7 Å². The Kier molecular flexibility index (Phi) is 6.01. The summed E-state index contributed by atoms with van der Waals surface area (Å²) in [7, 11) is 0. The number of fused-ring (bicyclic) bond motifs is 1. The molecule has 144 valence electrons. The molecule has 2 aromatic rings. The molecule has 0 saturated heterocycles. The summed E-state index contributed by atoms with van der Waals surface area (Å²) < 4.78 is 10.6. The lowest BCUT2D eigenvalue weighted by molar-refractivity contribution is -0.692. The Morgan fingerprint density at radius 2 is 1.67 bits per heavy atom. The number of hydrogen-bond acceptors (Lipinski definition) is 3. The van der Waals surface area contributed by atoms with Crippen LogP contribution >= 0.6 is 0 Å². The summed E-state index contributed by atoms with van der Waals surface area (Å²) in [4.78, 5) is 12.4. The summed E-state index contributed by atoms with van der Waals surface area (Å²) >= 11 is 0. The molecule has 5 nitrogen and oxygen atoms in total. The second kappa shape index (κ2) is 8.44. The molecule has 0 unspecified atom stereocenters. The van der Waals surface area contributed by atoms with Gasteiger partial charge in [0.25, 0.3) is 5.91 Å². The number of carbonyl (C=O) groups excluding carboxylic acids is 1. The third-order valence-corrected chi connectivity index (χ3v) is 4.92. The zero-order valence-corrected chi connectivity index (χ0v) is 16.5. The van der Waals surface area contributed by atoms with E-state index in [9.17, 15) is 4.79 Å². The smallest absolute Gasteiger partial charge is 0.279 e. The van der Waals surface area contributed by atoms with Crippen molar-refractivity contribution in [1.82, 2.24) is 0 Å². The Hall–Kier alpha value is -2.53. The number of amides is 1. The SMILES string of the molecule is CC(C)c1ccc([C@H]([NH2+]CC(=O)Nc2ccc3c(c2)OCO3)C(C)C)cc1. The number of rotatable bonds is 7. The van der Waals surface area contributed by atoms with Gasteiger partial charge in [-0.25, -0.2) is 0 Å². The molecule has 0 aromatic heterocycles. The van der Waals surface area contributed by atoms with Crippen molar-refractivity contribution < 1.29 is 19.6 Å². The van der Waals surface area contributed by atoms with Crippen molar-refractivity contribution in [2.75, 3.05) is 18.7 Å². The number of quaternary nitrogens is 1. The van der Waals surface area contributed by atoms with Crippen molar-refractivity contribution in [2.45, 2.75) is 39.7 Å². The number of nitrogens with one attached hydrogen (secondary N) is 1. The predicted octanol–water partition coefficient (Wildman–Crippen LogP) is 3.44. The molecule has 1 atom stereocenters. The van der Waals surface area contributed by atoms with Crippen LogP contribution in [-0.4, -0.2) is 19.2 Å². The molecule has 0 aliphatic carbocycles. The first-order valence-corrected chi connectivity index (χ1v) is 9.56. The van der Waals surface area contributed by atoms with Crippen LogP contribution in [0.25, 0.3) is 0 Å². The van der Waals surface area contributed by atoms with Crippen molar-refractivity contribution in [3.63, 3.8) is 0 Å². The molecule has 5 heteroatoms. The van der Waals surface area contributed by atoms with Gasteiger partial charge in [0.05, 0.1) is 0 Å². The van der Waals surface area contributed by atoms with Crippen LogP contribution in [0, 0.1) is 5.92 Å². The minimum atomic E-state index is -0.0293. The molecule has 1 aliphatic rings. The Bertz CT molecular complexity index is 785. The summed E-state index contributed by atoms with van der Waals surface area (Å²) in [6.45, 7) is 9.36. The number of anilines is 1. The molecular formula is C22H29N2O3+. The van der Waals surface area contributed by atoms with Crippen molar-refractivity contribution in [2.24, 2.45) is 5.92 Å². The largest absolute Gasteiger partial charge is 0.454 e. The number of ether oxygens (including phenoxy) is 2. The van der Waals surface area contributed by atoms with Crippen molar-refractivity contribution in [3.05, 3.63) is 53.6 Å². The average Bonchev–Trinajstić information content (AvgIpc) is 3.09.